The molecule has 2 heterocycles. The van der Waals surface area contributed by atoms with Gasteiger partial charge in [0.25, 0.3) is 0 Å². The smallest absolute Gasteiger partial charge is 0.316 e. The summed E-state index contributed by atoms with van der Waals surface area (Å²) in [6, 6.07) is 14.0. The van der Waals surface area contributed by atoms with E-state index in [1.54, 1.807) is 12.4 Å². The first-order valence-electron chi connectivity index (χ1n) is 8.67. The third-order valence-electron chi connectivity index (χ3n) is 4.04. The van der Waals surface area contributed by atoms with E-state index >= 15 is 0 Å². The molecule has 140 valence electrons. The molecule has 0 saturated heterocycles. The van der Waals surface area contributed by atoms with Gasteiger partial charge in [-0.15, -0.1) is 0 Å². The SMILES string of the molecule is CCOc1ncc(-c2ccc3nc(N)nc(Nc4cccc(Br)c4)c3c2)cn1. The summed E-state index contributed by atoms with van der Waals surface area (Å²) in [5.74, 6) is 0.844. The first kappa shape index (κ1) is 18.1. The second-order valence-corrected chi connectivity index (χ2v) is 6.90. The van der Waals surface area contributed by atoms with Crippen molar-refractivity contribution in [3.63, 3.8) is 0 Å². The average molecular weight is 437 g/mol. The van der Waals surface area contributed by atoms with E-state index < -0.39 is 0 Å². The lowest BCUT2D eigenvalue weighted by atomic mass is 10.1. The molecule has 0 spiro atoms. The molecule has 0 saturated carbocycles. The number of nitrogen functional groups attached to an aromatic ring is 1. The largest absolute Gasteiger partial charge is 0.464 e. The van der Waals surface area contributed by atoms with Crippen LogP contribution in [0.5, 0.6) is 6.01 Å². The molecule has 0 unspecified atom stereocenters. The Morgan fingerprint density at radius 2 is 1.86 bits per heavy atom. The van der Waals surface area contributed by atoms with E-state index in [2.05, 4.69) is 41.2 Å². The number of nitrogens with one attached hydrogen (secondary N) is 1. The molecule has 7 nitrogen and oxygen atoms in total. The monoisotopic (exact) mass is 436 g/mol. The van der Waals surface area contributed by atoms with Crippen LogP contribution in [-0.4, -0.2) is 26.5 Å². The average Bonchev–Trinajstić information content (AvgIpc) is 2.69. The van der Waals surface area contributed by atoms with Gasteiger partial charge in [0.1, 0.15) is 5.82 Å². The summed E-state index contributed by atoms with van der Waals surface area (Å²) in [4.78, 5) is 17.2. The number of benzene rings is 2. The topological polar surface area (TPSA) is 98.8 Å². The van der Waals surface area contributed by atoms with Crippen LogP contribution in [-0.2, 0) is 0 Å². The lowest BCUT2D eigenvalue weighted by Gasteiger charge is -2.11. The van der Waals surface area contributed by atoms with Crippen molar-refractivity contribution < 1.29 is 4.74 Å². The number of anilines is 3. The van der Waals surface area contributed by atoms with Crippen LogP contribution in [0.3, 0.4) is 0 Å². The van der Waals surface area contributed by atoms with Crippen LogP contribution in [0.1, 0.15) is 6.92 Å². The van der Waals surface area contributed by atoms with Crippen LogP contribution < -0.4 is 15.8 Å². The van der Waals surface area contributed by atoms with Crippen LogP contribution >= 0.6 is 15.9 Å². The van der Waals surface area contributed by atoms with Gasteiger partial charge in [-0.2, -0.15) is 4.98 Å². The van der Waals surface area contributed by atoms with Gasteiger partial charge < -0.3 is 15.8 Å². The quantitative estimate of drug-likeness (QED) is 0.472. The Morgan fingerprint density at radius 1 is 1.04 bits per heavy atom. The summed E-state index contributed by atoms with van der Waals surface area (Å²) in [5, 5.41) is 4.17. The number of nitrogens with two attached hydrogens (primary N) is 1. The zero-order valence-electron chi connectivity index (χ0n) is 15.1. The van der Waals surface area contributed by atoms with Gasteiger partial charge in [0.15, 0.2) is 0 Å². The van der Waals surface area contributed by atoms with Gasteiger partial charge >= 0.3 is 6.01 Å². The standard InChI is InChI=1S/C20H17BrN6O/c1-2-28-20-23-10-13(11-24-20)12-6-7-17-16(8-12)18(27-19(22)26-17)25-15-5-3-4-14(21)9-15/h3-11H,2H2,1H3,(H3,22,25,26,27). The predicted molar refractivity (Wildman–Crippen MR) is 114 cm³/mol. The first-order valence-corrected chi connectivity index (χ1v) is 9.47. The Bertz CT molecular complexity index is 1130. The molecule has 4 rings (SSSR count). The highest BCUT2D eigenvalue weighted by molar-refractivity contribution is 9.10. The molecule has 0 aliphatic heterocycles. The molecular weight excluding hydrogens is 420 g/mol. The summed E-state index contributed by atoms with van der Waals surface area (Å²) < 4.78 is 6.27. The van der Waals surface area contributed by atoms with E-state index in [1.165, 1.54) is 0 Å². The molecule has 0 radical (unpaired) electrons. The van der Waals surface area contributed by atoms with Gasteiger partial charge in [-0.3, -0.25) is 0 Å². The first-order chi connectivity index (χ1) is 13.6. The maximum atomic E-state index is 5.90. The van der Waals surface area contributed by atoms with E-state index in [9.17, 15) is 0 Å². The number of hydrogen-bond acceptors (Lipinski definition) is 7. The van der Waals surface area contributed by atoms with Crippen molar-refractivity contribution >= 4 is 44.3 Å². The van der Waals surface area contributed by atoms with E-state index in [4.69, 9.17) is 10.5 Å². The molecule has 3 N–H and O–H groups in total. The Kier molecular flexibility index (Phi) is 5.03. The normalized spacial score (nSPS) is 10.8. The van der Waals surface area contributed by atoms with E-state index in [-0.39, 0.29) is 5.95 Å². The van der Waals surface area contributed by atoms with Gasteiger partial charge in [-0.05, 0) is 42.8 Å². The molecule has 0 aliphatic rings. The van der Waals surface area contributed by atoms with E-state index in [0.29, 0.717) is 18.4 Å². The van der Waals surface area contributed by atoms with Gasteiger partial charge in [0.2, 0.25) is 5.95 Å². The molecule has 0 atom stereocenters. The van der Waals surface area contributed by atoms with Crippen molar-refractivity contribution in [3.05, 3.63) is 59.3 Å². The van der Waals surface area contributed by atoms with Crippen LogP contribution in [0.25, 0.3) is 22.0 Å². The number of rotatable bonds is 5. The molecule has 0 bridgehead atoms. The number of nitrogens with zero attached hydrogens (tertiary/aromatic N) is 4. The molecule has 4 aromatic rings. The zero-order chi connectivity index (χ0) is 19.5. The zero-order valence-corrected chi connectivity index (χ0v) is 16.6. The predicted octanol–water partition coefficient (Wildman–Crippen LogP) is 4.57. The third-order valence-corrected chi connectivity index (χ3v) is 4.53. The van der Waals surface area contributed by atoms with Crippen molar-refractivity contribution in [3.8, 4) is 17.1 Å². The summed E-state index contributed by atoms with van der Waals surface area (Å²) in [7, 11) is 0. The Balaban J connectivity index is 1.76. The number of halogens is 1. The van der Waals surface area contributed by atoms with Crippen molar-refractivity contribution in [1.29, 1.82) is 0 Å². The minimum atomic E-state index is 0.210. The Hall–Kier alpha value is -3.26. The maximum Gasteiger partial charge on any atom is 0.316 e. The highest BCUT2D eigenvalue weighted by Crippen LogP contribution is 2.30. The Labute approximate surface area is 170 Å². The molecule has 0 amide bonds. The molecule has 0 fully saturated rings. The second-order valence-electron chi connectivity index (χ2n) is 5.99. The van der Waals surface area contributed by atoms with Crippen molar-refractivity contribution in [2.24, 2.45) is 0 Å². The van der Waals surface area contributed by atoms with Crippen molar-refractivity contribution in [2.45, 2.75) is 6.92 Å². The number of ether oxygens (including phenoxy) is 1. The molecule has 28 heavy (non-hydrogen) atoms. The van der Waals surface area contributed by atoms with E-state index in [1.807, 2.05) is 49.4 Å². The van der Waals surface area contributed by atoms with Gasteiger partial charge in [-0.25, -0.2) is 15.0 Å². The van der Waals surface area contributed by atoms with Crippen LogP contribution in [0.2, 0.25) is 0 Å². The third kappa shape index (κ3) is 3.86. The maximum absolute atomic E-state index is 5.90. The lowest BCUT2D eigenvalue weighted by Crippen LogP contribution is -2.01. The molecule has 0 aliphatic carbocycles. The summed E-state index contributed by atoms with van der Waals surface area (Å²) in [5.41, 5.74) is 9.36. The van der Waals surface area contributed by atoms with Crippen LogP contribution in [0, 0.1) is 0 Å². The van der Waals surface area contributed by atoms with Crippen LogP contribution in [0.4, 0.5) is 17.5 Å². The fourth-order valence-electron chi connectivity index (χ4n) is 2.79. The van der Waals surface area contributed by atoms with Gasteiger partial charge in [0, 0.05) is 33.5 Å². The number of fused-ring (bicyclic) bond motifs is 1. The number of hydrogen-bond donors (Lipinski definition) is 2. The summed E-state index contributed by atoms with van der Waals surface area (Å²) >= 11 is 3.48. The van der Waals surface area contributed by atoms with Gasteiger partial charge in [0.05, 0.1) is 12.1 Å². The van der Waals surface area contributed by atoms with Crippen molar-refractivity contribution in [1.82, 2.24) is 19.9 Å². The fourth-order valence-corrected chi connectivity index (χ4v) is 3.19. The highest BCUT2D eigenvalue weighted by Gasteiger charge is 2.10. The molecule has 2 aromatic carbocycles. The summed E-state index contributed by atoms with van der Waals surface area (Å²) in [6.07, 6.45) is 3.47. The Morgan fingerprint density at radius 3 is 2.61 bits per heavy atom. The minimum absolute atomic E-state index is 0.210. The summed E-state index contributed by atoms with van der Waals surface area (Å²) in [6.45, 7) is 2.42. The second kappa shape index (κ2) is 7.77. The highest BCUT2D eigenvalue weighted by atomic mass is 79.9. The minimum Gasteiger partial charge on any atom is -0.464 e. The van der Waals surface area contributed by atoms with E-state index in [0.717, 1.165) is 32.2 Å². The van der Waals surface area contributed by atoms with Gasteiger partial charge in [-0.1, -0.05) is 28.1 Å². The number of aromatic nitrogens is 4. The molecule has 8 heteroatoms. The molecular formula is C20H17BrN6O. The lowest BCUT2D eigenvalue weighted by molar-refractivity contribution is 0.312. The molecule has 2 aromatic heterocycles. The van der Waals surface area contributed by atoms with Crippen LogP contribution in [0.15, 0.2) is 59.3 Å². The fraction of sp³-hybridized carbons (Fsp3) is 0.100. The van der Waals surface area contributed by atoms with Crippen molar-refractivity contribution in [2.75, 3.05) is 17.7 Å².